The molecule has 1 aliphatic rings. The highest BCUT2D eigenvalue weighted by molar-refractivity contribution is 7.90. The minimum absolute atomic E-state index is 0.167. The molecule has 0 aliphatic carbocycles. The normalized spacial score (nSPS) is 15.5. The number of fused-ring (bicyclic) bond motifs is 1. The van der Waals surface area contributed by atoms with Gasteiger partial charge in [-0.25, -0.2) is 13.1 Å². The summed E-state index contributed by atoms with van der Waals surface area (Å²) in [4.78, 5) is 12.6. The summed E-state index contributed by atoms with van der Waals surface area (Å²) < 4.78 is 40.2. The third-order valence-corrected chi connectivity index (χ3v) is 8.06. The number of carbonyl (C=O) groups excluding carboxylic acids is 1. The molecule has 1 aromatic carbocycles. The van der Waals surface area contributed by atoms with Crippen LogP contribution in [0.15, 0.2) is 17.6 Å². The molecule has 3 N–H and O–H groups in total. The summed E-state index contributed by atoms with van der Waals surface area (Å²) in [6.45, 7) is 19.4. The van der Waals surface area contributed by atoms with Crippen LogP contribution in [0.5, 0.6) is 5.75 Å². The number of guanidine groups is 1. The molecule has 8 nitrogen and oxygen atoms in total. The lowest BCUT2D eigenvalue weighted by molar-refractivity contribution is -0.151. The zero-order chi connectivity index (χ0) is 26.8. The lowest BCUT2D eigenvalue weighted by Crippen LogP contribution is -2.41. The Bertz CT molecular complexity index is 1100. The highest BCUT2D eigenvalue weighted by Gasteiger charge is 2.37. The Morgan fingerprint density at radius 1 is 1.23 bits per heavy atom. The van der Waals surface area contributed by atoms with Crippen LogP contribution >= 0.6 is 0 Å². The van der Waals surface area contributed by atoms with Crippen LogP contribution < -0.4 is 14.8 Å². The van der Waals surface area contributed by atoms with Crippen molar-refractivity contribution in [1.82, 2.24) is 10.0 Å². The molecule has 0 saturated carbocycles. The third kappa shape index (κ3) is 6.78. The maximum Gasteiger partial charge on any atom is 0.309 e. The molecule has 9 heteroatoms. The van der Waals surface area contributed by atoms with Gasteiger partial charge in [-0.3, -0.25) is 10.2 Å². The van der Waals surface area contributed by atoms with Crippen LogP contribution in [0.4, 0.5) is 0 Å². The highest BCUT2D eigenvalue weighted by atomic mass is 32.2. The molecule has 0 fully saturated rings. The van der Waals surface area contributed by atoms with E-state index in [-0.39, 0.29) is 34.8 Å². The zero-order valence-corrected chi connectivity index (χ0v) is 23.2. The molecule has 2 rings (SSSR count). The van der Waals surface area contributed by atoms with Crippen molar-refractivity contribution in [3.8, 4) is 5.75 Å². The van der Waals surface area contributed by atoms with Gasteiger partial charge in [-0.2, -0.15) is 0 Å². The van der Waals surface area contributed by atoms with Crippen LogP contribution in [0.3, 0.4) is 0 Å². The van der Waals surface area contributed by atoms with E-state index in [0.717, 1.165) is 16.9 Å². The zero-order valence-electron chi connectivity index (χ0n) is 22.3. The third-order valence-electron chi connectivity index (χ3n) is 6.44. The first-order chi connectivity index (χ1) is 16.0. The number of esters is 1. The van der Waals surface area contributed by atoms with Crippen LogP contribution in [-0.4, -0.2) is 39.1 Å². The van der Waals surface area contributed by atoms with Crippen LogP contribution in [0.25, 0.3) is 0 Å². The molecular weight excluding hydrogens is 466 g/mol. The number of hydrogen-bond acceptors (Lipinski definition) is 6. The molecule has 0 aromatic heterocycles. The quantitative estimate of drug-likeness (QED) is 0.151. The van der Waals surface area contributed by atoms with Crippen molar-refractivity contribution >= 4 is 22.0 Å². The van der Waals surface area contributed by atoms with E-state index < -0.39 is 15.6 Å². The first kappa shape index (κ1) is 28.7. The number of carbonyl (C=O) groups is 1. The lowest BCUT2D eigenvalue weighted by atomic mass is 9.78. The fourth-order valence-corrected chi connectivity index (χ4v) is 6.06. The van der Waals surface area contributed by atoms with Crippen molar-refractivity contribution in [1.29, 1.82) is 5.41 Å². The van der Waals surface area contributed by atoms with E-state index in [2.05, 4.69) is 16.6 Å². The number of benzene rings is 1. The second kappa shape index (κ2) is 10.6. The molecule has 1 atom stereocenters. The second-order valence-corrected chi connectivity index (χ2v) is 12.6. The van der Waals surface area contributed by atoms with Crippen molar-refractivity contribution in [3.05, 3.63) is 34.9 Å². The fourth-order valence-electron chi connectivity index (χ4n) is 4.53. The van der Waals surface area contributed by atoms with Gasteiger partial charge in [-0.1, -0.05) is 33.4 Å². The number of rotatable bonds is 9. The number of sulfonamides is 1. The van der Waals surface area contributed by atoms with Crippen molar-refractivity contribution < 1.29 is 22.7 Å². The SMILES string of the molecule is C=CCOC(=O)C(CCCNC(=N)NS(=O)(=O)c1c(C)c(C)c2c(c1C)CC(C)(C)O2)C(C)(C)C. The lowest BCUT2D eigenvalue weighted by Gasteiger charge is -2.28. The van der Waals surface area contributed by atoms with Crippen LogP contribution in [0.2, 0.25) is 0 Å². The van der Waals surface area contributed by atoms with Gasteiger partial charge in [0, 0.05) is 18.5 Å². The van der Waals surface area contributed by atoms with Crippen molar-refractivity contribution in [2.45, 2.75) is 85.1 Å². The molecule has 0 saturated heterocycles. The van der Waals surface area contributed by atoms with Gasteiger partial charge in [0.15, 0.2) is 0 Å². The van der Waals surface area contributed by atoms with E-state index in [1.807, 2.05) is 41.5 Å². The summed E-state index contributed by atoms with van der Waals surface area (Å²) in [5.74, 6) is -0.142. The van der Waals surface area contributed by atoms with Crippen molar-refractivity contribution in [3.63, 3.8) is 0 Å². The average molecular weight is 508 g/mol. The van der Waals surface area contributed by atoms with Gasteiger partial charge in [0.2, 0.25) is 5.96 Å². The minimum atomic E-state index is -3.98. The Labute approximate surface area is 210 Å². The molecule has 0 bridgehead atoms. The van der Waals surface area contributed by atoms with E-state index in [9.17, 15) is 13.2 Å². The number of hydrogen-bond donors (Lipinski definition) is 3. The van der Waals surface area contributed by atoms with Crippen LogP contribution in [-0.2, 0) is 26.0 Å². The molecule has 1 aromatic rings. The van der Waals surface area contributed by atoms with Crippen molar-refractivity contribution in [2.75, 3.05) is 13.2 Å². The first-order valence-electron chi connectivity index (χ1n) is 12.0. The van der Waals surface area contributed by atoms with Crippen LogP contribution in [0.1, 0.15) is 69.7 Å². The maximum atomic E-state index is 13.3. The molecule has 35 heavy (non-hydrogen) atoms. The molecule has 196 valence electrons. The van der Waals surface area contributed by atoms with Gasteiger partial charge in [0.1, 0.15) is 18.0 Å². The topological polar surface area (TPSA) is 118 Å². The highest BCUT2D eigenvalue weighted by Crippen LogP contribution is 2.43. The molecule has 0 spiro atoms. The summed E-state index contributed by atoms with van der Waals surface area (Å²) in [5, 5.41) is 11.0. The van der Waals surface area contributed by atoms with E-state index >= 15 is 0 Å². The smallest absolute Gasteiger partial charge is 0.309 e. The van der Waals surface area contributed by atoms with E-state index in [1.165, 1.54) is 6.08 Å². The Morgan fingerprint density at radius 3 is 2.43 bits per heavy atom. The molecule has 1 heterocycles. The molecule has 0 amide bonds. The van der Waals surface area contributed by atoms with Gasteiger partial charge in [-0.05, 0) is 69.6 Å². The maximum absolute atomic E-state index is 13.3. The van der Waals surface area contributed by atoms with E-state index in [4.69, 9.17) is 14.9 Å². The molecule has 0 radical (unpaired) electrons. The molecule has 1 aliphatic heterocycles. The molecular formula is C26H41N3O5S. The summed E-state index contributed by atoms with van der Waals surface area (Å²) in [6, 6.07) is 0. The second-order valence-electron chi connectivity index (χ2n) is 10.9. The predicted octanol–water partition coefficient (Wildman–Crippen LogP) is 4.30. The van der Waals surface area contributed by atoms with E-state index in [0.29, 0.717) is 36.9 Å². The number of ether oxygens (including phenoxy) is 2. The number of nitrogens with one attached hydrogen (secondary N) is 3. The van der Waals surface area contributed by atoms with Gasteiger partial charge in [-0.15, -0.1) is 0 Å². The standard InChI is InChI=1S/C26H41N3O5S/c1-10-14-33-23(30)20(25(5,6)7)12-11-13-28-24(27)29-35(31,32)22-17(3)16(2)21-19(18(22)4)15-26(8,9)34-21/h10,20H,1,11-15H2,2-9H3,(H3,27,28,29). The summed E-state index contributed by atoms with van der Waals surface area (Å²) >= 11 is 0. The Balaban J connectivity index is 2.06. The minimum Gasteiger partial charge on any atom is -0.487 e. The fraction of sp³-hybridized carbons (Fsp3) is 0.615. The summed E-state index contributed by atoms with van der Waals surface area (Å²) in [5.41, 5.74) is 2.29. The van der Waals surface area contributed by atoms with Crippen LogP contribution in [0, 0.1) is 37.5 Å². The monoisotopic (exact) mass is 507 g/mol. The Morgan fingerprint density at radius 2 is 1.86 bits per heavy atom. The Hall–Kier alpha value is -2.55. The van der Waals surface area contributed by atoms with Gasteiger partial charge in [0.05, 0.1) is 10.8 Å². The van der Waals surface area contributed by atoms with Crippen molar-refractivity contribution in [2.24, 2.45) is 11.3 Å². The summed E-state index contributed by atoms with van der Waals surface area (Å²) in [7, 11) is -3.98. The Kier molecular flexibility index (Phi) is 8.69. The predicted molar refractivity (Wildman–Crippen MR) is 138 cm³/mol. The average Bonchev–Trinajstić information content (AvgIpc) is 3.04. The first-order valence-corrected chi connectivity index (χ1v) is 13.4. The van der Waals surface area contributed by atoms with Gasteiger partial charge >= 0.3 is 5.97 Å². The largest absolute Gasteiger partial charge is 0.487 e. The van der Waals surface area contributed by atoms with E-state index in [1.54, 1.807) is 13.8 Å². The summed E-state index contributed by atoms with van der Waals surface area (Å²) in [6.07, 6.45) is 3.27. The molecule has 1 unspecified atom stereocenters. The van der Waals surface area contributed by atoms with Gasteiger partial charge < -0.3 is 14.8 Å². The van der Waals surface area contributed by atoms with Gasteiger partial charge in [0.25, 0.3) is 10.0 Å².